The molecule has 2 nitrogen and oxygen atoms in total. The number of hydrogen-bond acceptors (Lipinski definition) is 4. The molecule has 1 aromatic heterocycles. The predicted molar refractivity (Wildman–Crippen MR) is 63.9 cm³/mol. The summed E-state index contributed by atoms with van der Waals surface area (Å²) in [5.41, 5.74) is 6.01. The molecule has 0 bridgehead atoms. The first-order valence-electron chi connectivity index (χ1n) is 4.71. The van der Waals surface area contributed by atoms with Crippen molar-refractivity contribution in [3.8, 4) is 0 Å². The van der Waals surface area contributed by atoms with E-state index in [2.05, 4.69) is 19.9 Å². The predicted octanol–water partition coefficient (Wildman–Crippen LogP) is 2.18. The van der Waals surface area contributed by atoms with Gasteiger partial charge in [-0.15, -0.1) is 23.1 Å². The summed E-state index contributed by atoms with van der Waals surface area (Å²) in [6.45, 7) is 4.31. The first kappa shape index (κ1) is 12.0. The van der Waals surface area contributed by atoms with E-state index in [1.165, 1.54) is 4.21 Å². The number of aliphatic hydroxyl groups excluding tert-OH is 1. The number of thiophene rings is 1. The number of nitrogens with two attached hydrogens (primary N) is 1. The molecule has 0 radical (unpaired) electrons. The summed E-state index contributed by atoms with van der Waals surface area (Å²) in [5, 5.41) is 11.4. The number of hydrogen-bond donors (Lipinski definition) is 2. The molecule has 0 spiro atoms. The molecule has 0 aliphatic carbocycles. The van der Waals surface area contributed by atoms with Gasteiger partial charge >= 0.3 is 0 Å². The summed E-state index contributed by atoms with van der Waals surface area (Å²) in [7, 11) is 0. The quantitative estimate of drug-likeness (QED) is 0.764. The van der Waals surface area contributed by atoms with Gasteiger partial charge in [0.25, 0.3) is 0 Å². The average molecular weight is 231 g/mol. The summed E-state index contributed by atoms with van der Waals surface area (Å²) < 4.78 is 1.22. The van der Waals surface area contributed by atoms with Crippen molar-refractivity contribution in [2.45, 2.75) is 29.3 Å². The largest absolute Gasteiger partial charge is 0.395 e. The smallest absolute Gasteiger partial charge is 0.0602 e. The molecule has 3 N–H and O–H groups in total. The van der Waals surface area contributed by atoms with Gasteiger partial charge in [-0.05, 0) is 17.4 Å². The Morgan fingerprint density at radius 3 is 2.71 bits per heavy atom. The first-order valence-corrected chi connectivity index (χ1v) is 6.47. The van der Waals surface area contributed by atoms with Gasteiger partial charge < -0.3 is 10.8 Å². The second-order valence-electron chi connectivity index (χ2n) is 3.59. The third-order valence-corrected chi connectivity index (χ3v) is 4.52. The van der Waals surface area contributed by atoms with Crippen molar-refractivity contribution in [2.24, 2.45) is 11.7 Å². The van der Waals surface area contributed by atoms with Crippen LogP contribution in [-0.4, -0.2) is 23.0 Å². The minimum atomic E-state index is 0.0482. The van der Waals surface area contributed by atoms with Crippen LogP contribution in [0.5, 0.6) is 0 Å². The van der Waals surface area contributed by atoms with E-state index < -0.39 is 0 Å². The molecule has 14 heavy (non-hydrogen) atoms. The molecular weight excluding hydrogens is 214 g/mol. The molecule has 0 saturated carbocycles. The molecule has 80 valence electrons. The third-order valence-electron chi connectivity index (χ3n) is 2.14. The Balaban J connectivity index is 2.55. The van der Waals surface area contributed by atoms with Gasteiger partial charge in [-0.3, -0.25) is 0 Å². The Bertz CT molecular complexity index is 249. The molecule has 2 atom stereocenters. The molecule has 2 unspecified atom stereocenters. The van der Waals surface area contributed by atoms with E-state index in [9.17, 15) is 5.11 Å². The fraction of sp³-hybridized carbons (Fsp3) is 0.600. The molecule has 0 aliphatic heterocycles. The van der Waals surface area contributed by atoms with Crippen LogP contribution in [0.1, 0.15) is 13.8 Å². The van der Waals surface area contributed by atoms with Crippen molar-refractivity contribution in [1.82, 2.24) is 0 Å². The van der Waals surface area contributed by atoms with Crippen molar-refractivity contribution >= 4 is 23.1 Å². The van der Waals surface area contributed by atoms with E-state index in [4.69, 9.17) is 5.73 Å². The Morgan fingerprint density at radius 2 is 2.29 bits per heavy atom. The van der Waals surface area contributed by atoms with E-state index in [0.717, 1.165) is 0 Å². The van der Waals surface area contributed by atoms with Crippen LogP contribution < -0.4 is 5.73 Å². The monoisotopic (exact) mass is 231 g/mol. The SMILES string of the molecule is CC(C)C(N)C(CO)Sc1cccs1. The average Bonchev–Trinajstić information content (AvgIpc) is 2.65. The van der Waals surface area contributed by atoms with E-state index in [1.807, 2.05) is 11.4 Å². The normalized spacial score (nSPS) is 15.8. The van der Waals surface area contributed by atoms with E-state index >= 15 is 0 Å². The topological polar surface area (TPSA) is 46.2 Å². The number of thioether (sulfide) groups is 1. The van der Waals surface area contributed by atoms with E-state index in [0.29, 0.717) is 5.92 Å². The van der Waals surface area contributed by atoms with Gasteiger partial charge in [0, 0.05) is 11.3 Å². The van der Waals surface area contributed by atoms with Crippen molar-refractivity contribution < 1.29 is 5.11 Å². The Labute approximate surface area is 93.5 Å². The molecule has 0 saturated heterocycles. The van der Waals surface area contributed by atoms with Gasteiger partial charge in [-0.25, -0.2) is 0 Å². The molecule has 4 heteroatoms. The van der Waals surface area contributed by atoms with Gasteiger partial charge in [0.1, 0.15) is 0 Å². The van der Waals surface area contributed by atoms with Gasteiger partial charge in [0.2, 0.25) is 0 Å². The molecular formula is C10H17NOS2. The lowest BCUT2D eigenvalue weighted by atomic mass is 10.0. The summed E-state index contributed by atoms with van der Waals surface area (Å²) in [5.74, 6) is 0.402. The molecule has 0 aliphatic rings. The van der Waals surface area contributed by atoms with Gasteiger partial charge in [0.05, 0.1) is 10.8 Å². The molecule has 0 fully saturated rings. The van der Waals surface area contributed by atoms with Crippen molar-refractivity contribution in [2.75, 3.05) is 6.61 Å². The molecule has 1 rings (SSSR count). The minimum absolute atomic E-state index is 0.0482. The number of rotatable bonds is 5. The van der Waals surface area contributed by atoms with E-state index in [1.54, 1.807) is 23.1 Å². The highest BCUT2D eigenvalue weighted by molar-refractivity contribution is 8.01. The standard InChI is InChI=1S/C10H17NOS2/c1-7(2)10(11)8(6-12)14-9-4-3-5-13-9/h3-5,7-8,10,12H,6,11H2,1-2H3. The van der Waals surface area contributed by atoms with Gasteiger partial charge in [-0.1, -0.05) is 19.9 Å². The zero-order chi connectivity index (χ0) is 10.6. The van der Waals surface area contributed by atoms with Crippen LogP contribution in [0.3, 0.4) is 0 Å². The zero-order valence-corrected chi connectivity index (χ0v) is 10.1. The van der Waals surface area contributed by atoms with Crippen LogP contribution in [0.2, 0.25) is 0 Å². The minimum Gasteiger partial charge on any atom is -0.395 e. The lowest BCUT2D eigenvalue weighted by Crippen LogP contribution is -2.39. The molecule has 0 aromatic carbocycles. The first-order chi connectivity index (χ1) is 6.65. The molecule has 1 heterocycles. The zero-order valence-electron chi connectivity index (χ0n) is 8.51. The molecule has 1 aromatic rings. The second kappa shape index (κ2) is 5.75. The Hall–Kier alpha value is -0.0300. The van der Waals surface area contributed by atoms with Crippen molar-refractivity contribution in [1.29, 1.82) is 0 Å². The van der Waals surface area contributed by atoms with E-state index in [-0.39, 0.29) is 17.9 Å². The van der Waals surface area contributed by atoms with Crippen LogP contribution in [0.4, 0.5) is 0 Å². The lowest BCUT2D eigenvalue weighted by Gasteiger charge is -2.23. The lowest BCUT2D eigenvalue weighted by molar-refractivity contribution is 0.269. The Morgan fingerprint density at radius 1 is 1.57 bits per heavy atom. The highest BCUT2D eigenvalue weighted by atomic mass is 32.2. The van der Waals surface area contributed by atoms with Crippen LogP contribution >= 0.6 is 23.1 Å². The van der Waals surface area contributed by atoms with Crippen LogP contribution in [0.25, 0.3) is 0 Å². The maximum absolute atomic E-state index is 9.25. The van der Waals surface area contributed by atoms with Crippen molar-refractivity contribution in [3.63, 3.8) is 0 Å². The molecule has 0 amide bonds. The Kier molecular flexibility index (Phi) is 4.95. The van der Waals surface area contributed by atoms with Gasteiger partial charge in [0.15, 0.2) is 0 Å². The summed E-state index contributed by atoms with van der Waals surface area (Å²) in [6, 6.07) is 4.12. The second-order valence-corrected chi connectivity index (χ2v) is 6.08. The fourth-order valence-electron chi connectivity index (χ4n) is 1.15. The highest BCUT2D eigenvalue weighted by Crippen LogP contribution is 2.30. The summed E-state index contributed by atoms with van der Waals surface area (Å²) >= 11 is 3.37. The summed E-state index contributed by atoms with van der Waals surface area (Å²) in [6.07, 6.45) is 0. The van der Waals surface area contributed by atoms with Crippen LogP contribution in [-0.2, 0) is 0 Å². The maximum atomic E-state index is 9.25. The van der Waals surface area contributed by atoms with Gasteiger partial charge in [-0.2, -0.15) is 0 Å². The van der Waals surface area contributed by atoms with Crippen LogP contribution in [0, 0.1) is 5.92 Å². The third kappa shape index (κ3) is 3.28. The fourth-order valence-corrected chi connectivity index (χ4v) is 3.36. The number of aliphatic hydroxyl groups is 1. The van der Waals surface area contributed by atoms with Crippen LogP contribution in [0.15, 0.2) is 21.7 Å². The maximum Gasteiger partial charge on any atom is 0.0602 e. The highest BCUT2D eigenvalue weighted by Gasteiger charge is 2.21. The summed E-state index contributed by atoms with van der Waals surface area (Å²) in [4.78, 5) is 0. The van der Waals surface area contributed by atoms with Crippen molar-refractivity contribution in [3.05, 3.63) is 17.5 Å².